The van der Waals surface area contributed by atoms with Crippen LogP contribution in [0, 0.1) is 17.8 Å². The van der Waals surface area contributed by atoms with E-state index in [-0.39, 0.29) is 12.0 Å². The molecule has 1 aromatic carbocycles. The first-order valence-electron chi connectivity index (χ1n) is 7.29. The first kappa shape index (κ1) is 16.7. The fourth-order valence-electron chi connectivity index (χ4n) is 2.19. The number of nitrogens with two attached hydrogens (primary N) is 1. The number of carbonyl (C=O) groups excluding carboxylic acids is 1. The van der Waals surface area contributed by atoms with Gasteiger partial charge in [-0.3, -0.25) is 0 Å². The number of carbonyl (C=O) groups is 1. The van der Waals surface area contributed by atoms with Crippen LogP contribution in [0.25, 0.3) is 0 Å². The van der Waals surface area contributed by atoms with Crippen LogP contribution in [-0.2, 0) is 4.74 Å². The van der Waals surface area contributed by atoms with Crippen molar-refractivity contribution < 1.29 is 9.53 Å². The molecule has 1 saturated heterocycles. The Hall–Kier alpha value is -1.67. The molecule has 4 nitrogen and oxygen atoms in total. The molecule has 1 heterocycles. The summed E-state index contributed by atoms with van der Waals surface area (Å²) in [6.07, 6.45) is 0.596. The van der Waals surface area contributed by atoms with E-state index < -0.39 is 5.60 Å². The highest BCUT2D eigenvalue weighted by Crippen LogP contribution is 2.20. The standard InChI is InChI=1S/C17H21BrN2O2/c1-17(2,3)22-16(21)20-9-8-12(11-20)4-5-13-10-14(18)6-7-15(13)19/h6-7,10,12H,8-9,11,19H2,1-3H3. The zero-order chi connectivity index (χ0) is 16.3. The summed E-state index contributed by atoms with van der Waals surface area (Å²) in [5.41, 5.74) is 6.92. The molecule has 0 spiro atoms. The number of nitrogen functional groups attached to an aromatic ring is 1. The van der Waals surface area contributed by atoms with E-state index in [4.69, 9.17) is 10.5 Å². The number of ether oxygens (including phenoxy) is 1. The number of anilines is 1. The van der Waals surface area contributed by atoms with Crippen molar-refractivity contribution in [1.82, 2.24) is 4.90 Å². The molecule has 1 aromatic rings. The first-order chi connectivity index (χ1) is 10.2. The normalized spacial score (nSPS) is 17.8. The Kier molecular flexibility index (Phi) is 5.02. The highest BCUT2D eigenvalue weighted by atomic mass is 79.9. The van der Waals surface area contributed by atoms with Crippen molar-refractivity contribution in [2.24, 2.45) is 5.92 Å². The minimum atomic E-state index is -0.467. The van der Waals surface area contributed by atoms with Crippen molar-refractivity contribution in [3.05, 3.63) is 28.2 Å². The first-order valence-corrected chi connectivity index (χ1v) is 8.08. The van der Waals surface area contributed by atoms with Gasteiger partial charge in [0.25, 0.3) is 0 Å². The molecule has 5 heteroatoms. The number of amides is 1. The fraction of sp³-hybridized carbons (Fsp3) is 0.471. The van der Waals surface area contributed by atoms with E-state index in [9.17, 15) is 4.79 Å². The second-order valence-corrected chi connectivity index (χ2v) is 7.33. The third-order valence-electron chi connectivity index (χ3n) is 3.27. The molecule has 0 aromatic heterocycles. The molecule has 0 radical (unpaired) electrons. The molecule has 0 aliphatic carbocycles. The van der Waals surface area contributed by atoms with Crippen molar-refractivity contribution in [2.45, 2.75) is 32.8 Å². The smallest absolute Gasteiger partial charge is 0.410 e. The SMILES string of the molecule is CC(C)(C)OC(=O)N1CCC(C#Cc2cc(Br)ccc2N)C1. The fourth-order valence-corrected chi connectivity index (χ4v) is 2.55. The zero-order valence-electron chi connectivity index (χ0n) is 13.1. The van der Waals surface area contributed by atoms with Gasteiger partial charge in [0, 0.05) is 34.7 Å². The molecule has 2 rings (SSSR count). The monoisotopic (exact) mass is 364 g/mol. The second kappa shape index (κ2) is 6.62. The van der Waals surface area contributed by atoms with Crippen LogP contribution in [0.15, 0.2) is 22.7 Å². The van der Waals surface area contributed by atoms with Gasteiger partial charge in [-0.2, -0.15) is 0 Å². The Morgan fingerprint density at radius 2 is 2.18 bits per heavy atom. The lowest BCUT2D eigenvalue weighted by Crippen LogP contribution is -2.35. The van der Waals surface area contributed by atoms with Crippen LogP contribution in [0.4, 0.5) is 10.5 Å². The summed E-state index contributed by atoms with van der Waals surface area (Å²) >= 11 is 3.41. The number of likely N-dealkylation sites (tertiary alicyclic amines) is 1. The number of nitrogens with zero attached hydrogens (tertiary/aromatic N) is 1. The summed E-state index contributed by atoms with van der Waals surface area (Å²) in [6.45, 7) is 6.90. The van der Waals surface area contributed by atoms with Crippen molar-refractivity contribution in [3.8, 4) is 11.8 Å². The summed E-state index contributed by atoms with van der Waals surface area (Å²) in [6, 6.07) is 5.62. The predicted molar refractivity (Wildman–Crippen MR) is 91.3 cm³/mol. The number of benzene rings is 1. The molecule has 1 unspecified atom stereocenters. The van der Waals surface area contributed by atoms with Gasteiger partial charge >= 0.3 is 6.09 Å². The predicted octanol–water partition coefficient (Wildman–Crippen LogP) is 3.64. The average molecular weight is 365 g/mol. The van der Waals surface area contributed by atoms with Gasteiger partial charge in [-0.05, 0) is 45.4 Å². The van der Waals surface area contributed by atoms with Gasteiger partial charge in [-0.15, -0.1) is 0 Å². The van der Waals surface area contributed by atoms with E-state index in [1.807, 2.05) is 39.0 Å². The number of rotatable bonds is 0. The molecule has 118 valence electrons. The summed E-state index contributed by atoms with van der Waals surface area (Å²) < 4.78 is 6.33. The van der Waals surface area contributed by atoms with Crippen LogP contribution < -0.4 is 5.73 Å². The largest absolute Gasteiger partial charge is 0.444 e. The Labute approximate surface area is 140 Å². The second-order valence-electron chi connectivity index (χ2n) is 6.41. The lowest BCUT2D eigenvalue weighted by Gasteiger charge is -2.24. The van der Waals surface area contributed by atoms with Gasteiger partial charge in [0.1, 0.15) is 5.60 Å². The van der Waals surface area contributed by atoms with Crippen molar-refractivity contribution >= 4 is 27.7 Å². The van der Waals surface area contributed by atoms with Crippen LogP contribution in [0.1, 0.15) is 32.8 Å². The maximum atomic E-state index is 12.0. The van der Waals surface area contributed by atoms with Crippen LogP contribution in [0.5, 0.6) is 0 Å². The molecule has 1 atom stereocenters. The lowest BCUT2D eigenvalue weighted by atomic mass is 10.1. The third kappa shape index (κ3) is 4.67. The minimum absolute atomic E-state index is 0.158. The highest BCUT2D eigenvalue weighted by molar-refractivity contribution is 9.10. The molecule has 2 N–H and O–H groups in total. The van der Waals surface area contributed by atoms with Gasteiger partial charge in [0.05, 0.1) is 0 Å². The molecular weight excluding hydrogens is 344 g/mol. The number of hydrogen-bond acceptors (Lipinski definition) is 3. The van der Waals surface area contributed by atoms with E-state index in [2.05, 4.69) is 27.8 Å². The van der Waals surface area contributed by atoms with Crippen LogP contribution in [0.3, 0.4) is 0 Å². The molecule has 1 aliphatic rings. The third-order valence-corrected chi connectivity index (χ3v) is 3.76. The van der Waals surface area contributed by atoms with Gasteiger partial charge in [-0.1, -0.05) is 27.8 Å². The van der Waals surface area contributed by atoms with E-state index in [0.29, 0.717) is 18.8 Å². The lowest BCUT2D eigenvalue weighted by molar-refractivity contribution is 0.0291. The Morgan fingerprint density at radius 3 is 2.86 bits per heavy atom. The molecule has 0 saturated carbocycles. The van der Waals surface area contributed by atoms with Crippen molar-refractivity contribution in [1.29, 1.82) is 0 Å². The van der Waals surface area contributed by atoms with Crippen LogP contribution in [0.2, 0.25) is 0 Å². The van der Waals surface area contributed by atoms with E-state index in [1.54, 1.807) is 4.90 Å². The molecule has 1 amide bonds. The maximum absolute atomic E-state index is 12.0. The summed E-state index contributed by atoms with van der Waals surface area (Å²) in [4.78, 5) is 13.7. The Bertz CT molecular complexity index is 626. The van der Waals surface area contributed by atoms with E-state index in [1.165, 1.54) is 0 Å². The highest BCUT2D eigenvalue weighted by Gasteiger charge is 2.28. The molecule has 22 heavy (non-hydrogen) atoms. The number of halogens is 1. The summed E-state index contributed by atoms with van der Waals surface area (Å²) in [5, 5.41) is 0. The van der Waals surface area contributed by atoms with E-state index in [0.717, 1.165) is 16.5 Å². The topological polar surface area (TPSA) is 55.6 Å². The molecule has 0 bridgehead atoms. The molecule has 1 aliphatic heterocycles. The Morgan fingerprint density at radius 1 is 1.45 bits per heavy atom. The van der Waals surface area contributed by atoms with Crippen molar-refractivity contribution in [2.75, 3.05) is 18.8 Å². The minimum Gasteiger partial charge on any atom is -0.444 e. The van der Waals surface area contributed by atoms with Gasteiger partial charge in [0.15, 0.2) is 0 Å². The van der Waals surface area contributed by atoms with Gasteiger partial charge in [-0.25, -0.2) is 4.79 Å². The van der Waals surface area contributed by atoms with Crippen LogP contribution in [-0.4, -0.2) is 29.7 Å². The summed E-state index contributed by atoms with van der Waals surface area (Å²) in [5.74, 6) is 6.49. The molecular formula is C17H21BrN2O2. The van der Waals surface area contributed by atoms with Crippen molar-refractivity contribution in [3.63, 3.8) is 0 Å². The number of hydrogen-bond donors (Lipinski definition) is 1. The maximum Gasteiger partial charge on any atom is 0.410 e. The van der Waals surface area contributed by atoms with Gasteiger partial charge in [0.2, 0.25) is 0 Å². The quantitative estimate of drug-likeness (QED) is 0.564. The zero-order valence-corrected chi connectivity index (χ0v) is 14.7. The van der Waals surface area contributed by atoms with Gasteiger partial charge < -0.3 is 15.4 Å². The summed E-state index contributed by atoms with van der Waals surface area (Å²) in [7, 11) is 0. The Balaban J connectivity index is 1.99. The van der Waals surface area contributed by atoms with E-state index >= 15 is 0 Å². The van der Waals surface area contributed by atoms with Crippen LogP contribution >= 0.6 is 15.9 Å². The average Bonchev–Trinajstić information content (AvgIpc) is 2.87. The molecule has 1 fully saturated rings.